The van der Waals surface area contributed by atoms with Gasteiger partial charge in [0.15, 0.2) is 5.52 Å². The Kier molecular flexibility index (Phi) is 6.07. The first-order valence-electron chi connectivity index (χ1n) is 11.4. The first-order chi connectivity index (χ1) is 16.3. The second-order valence-electron chi connectivity index (χ2n) is 9.11. The number of alkyl halides is 3. The molecule has 182 valence electrons. The van der Waals surface area contributed by atoms with Crippen molar-refractivity contribution in [2.24, 2.45) is 5.92 Å². The van der Waals surface area contributed by atoms with E-state index < -0.39 is 6.36 Å². The van der Waals surface area contributed by atoms with Crippen molar-refractivity contribution in [1.29, 1.82) is 0 Å². The highest BCUT2D eigenvalue weighted by atomic mass is 19.4. The van der Waals surface area contributed by atoms with Crippen LogP contribution >= 0.6 is 0 Å². The molecule has 1 aromatic carbocycles. The van der Waals surface area contributed by atoms with Crippen molar-refractivity contribution >= 4 is 5.52 Å². The number of benzene rings is 1. The highest BCUT2D eigenvalue weighted by Crippen LogP contribution is 2.32. The van der Waals surface area contributed by atoms with Crippen LogP contribution < -0.4 is 10.3 Å². The Bertz CT molecular complexity index is 1200. The lowest BCUT2D eigenvalue weighted by atomic mass is 9.97. The standard InChI is InChI=1S/C23H26F3N5O3/c1-14-11-30(12-15-2-4-17(5-3-15)34-23(24,25)26)13-18(14)20-28-22(32)19-10-27-21(31(19)29-20)16-6-8-33-9-7-16/h2-5,10,14,16,18H,6-9,11-13H2,1H3,(H,28,29,32)/t14-,18?/m1/s1. The fraction of sp³-hybridized carbons (Fsp3) is 0.522. The average Bonchev–Trinajstić information content (AvgIpc) is 3.38. The minimum atomic E-state index is -4.70. The van der Waals surface area contributed by atoms with Gasteiger partial charge >= 0.3 is 6.36 Å². The molecule has 4 heterocycles. The van der Waals surface area contributed by atoms with Crippen LogP contribution in [0.1, 0.15) is 48.8 Å². The SMILES string of the molecule is C[C@@H]1CN(Cc2ccc(OC(F)(F)F)cc2)CC1c1nn2c(C3CCOCC3)ncc2c(=O)[nH]1. The van der Waals surface area contributed by atoms with E-state index in [1.54, 1.807) is 22.8 Å². The van der Waals surface area contributed by atoms with Crippen molar-refractivity contribution in [1.82, 2.24) is 24.5 Å². The molecule has 0 aliphatic carbocycles. The highest BCUT2D eigenvalue weighted by molar-refractivity contribution is 5.42. The molecule has 2 atom stereocenters. The summed E-state index contributed by atoms with van der Waals surface area (Å²) in [5.74, 6) is 1.67. The molecule has 1 N–H and O–H groups in total. The molecule has 3 aromatic rings. The van der Waals surface area contributed by atoms with E-state index in [0.717, 1.165) is 30.8 Å². The van der Waals surface area contributed by atoms with Gasteiger partial charge in [0, 0.05) is 44.7 Å². The van der Waals surface area contributed by atoms with Gasteiger partial charge in [-0.3, -0.25) is 9.69 Å². The van der Waals surface area contributed by atoms with E-state index in [0.29, 0.717) is 37.6 Å². The molecule has 5 rings (SSSR count). The van der Waals surface area contributed by atoms with Crippen LogP contribution in [0.4, 0.5) is 13.2 Å². The quantitative estimate of drug-likeness (QED) is 0.606. The fourth-order valence-corrected chi connectivity index (χ4v) is 4.94. The average molecular weight is 477 g/mol. The molecule has 0 radical (unpaired) electrons. The smallest absolute Gasteiger partial charge is 0.406 e. The molecule has 8 nitrogen and oxygen atoms in total. The number of ether oxygens (including phenoxy) is 2. The zero-order valence-corrected chi connectivity index (χ0v) is 18.7. The maximum atomic E-state index is 12.8. The summed E-state index contributed by atoms with van der Waals surface area (Å²) >= 11 is 0. The van der Waals surface area contributed by atoms with E-state index in [-0.39, 0.29) is 29.1 Å². The minimum Gasteiger partial charge on any atom is -0.406 e. The first-order valence-corrected chi connectivity index (χ1v) is 11.4. The molecular weight excluding hydrogens is 451 g/mol. The van der Waals surface area contributed by atoms with E-state index in [1.165, 1.54) is 12.1 Å². The van der Waals surface area contributed by atoms with Crippen molar-refractivity contribution < 1.29 is 22.6 Å². The second kappa shape index (κ2) is 9.03. The summed E-state index contributed by atoms with van der Waals surface area (Å²) in [5, 5.41) is 4.80. The number of fused-ring (bicyclic) bond motifs is 1. The van der Waals surface area contributed by atoms with Crippen LogP contribution in [0.2, 0.25) is 0 Å². The van der Waals surface area contributed by atoms with Crippen LogP contribution in [0, 0.1) is 5.92 Å². The summed E-state index contributed by atoms with van der Waals surface area (Å²) in [5.41, 5.74) is 1.12. The first kappa shape index (κ1) is 22.9. The Hall–Kier alpha value is -2.92. The molecule has 11 heteroatoms. The summed E-state index contributed by atoms with van der Waals surface area (Å²) < 4.78 is 48.2. The number of likely N-dealkylation sites (tertiary alicyclic amines) is 1. The van der Waals surface area contributed by atoms with Crippen molar-refractivity contribution in [2.45, 2.75) is 44.5 Å². The number of halogens is 3. The van der Waals surface area contributed by atoms with Gasteiger partial charge in [-0.25, -0.2) is 9.50 Å². The molecule has 2 fully saturated rings. The predicted octanol–water partition coefficient (Wildman–Crippen LogP) is 3.45. The van der Waals surface area contributed by atoms with Gasteiger partial charge in [0.25, 0.3) is 5.56 Å². The largest absolute Gasteiger partial charge is 0.573 e. The Morgan fingerprint density at radius 1 is 1.18 bits per heavy atom. The summed E-state index contributed by atoms with van der Waals surface area (Å²) in [4.78, 5) is 22.4. The topological polar surface area (TPSA) is 84.8 Å². The third-order valence-electron chi connectivity index (χ3n) is 6.64. The van der Waals surface area contributed by atoms with Gasteiger partial charge in [0.05, 0.1) is 6.20 Å². The molecule has 2 saturated heterocycles. The Morgan fingerprint density at radius 3 is 2.62 bits per heavy atom. The minimum absolute atomic E-state index is 0.0230. The van der Waals surface area contributed by atoms with Gasteiger partial charge in [0.2, 0.25) is 0 Å². The van der Waals surface area contributed by atoms with E-state index in [9.17, 15) is 18.0 Å². The van der Waals surface area contributed by atoms with Crippen molar-refractivity contribution in [3.8, 4) is 5.75 Å². The predicted molar refractivity (Wildman–Crippen MR) is 117 cm³/mol. The lowest BCUT2D eigenvalue weighted by Crippen LogP contribution is -2.24. The lowest BCUT2D eigenvalue weighted by Gasteiger charge is -2.21. The number of rotatable bonds is 5. The number of hydrogen-bond acceptors (Lipinski definition) is 6. The molecule has 2 aliphatic heterocycles. The second-order valence-corrected chi connectivity index (χ2v) is 9.11. The Balaban J connectivity index is 1.32. The molecule has 2 aliphatic rings. The zero-order chi connectivity index (χ0) is 23.9. The summed E-state index contributed by atoms with van der Waals surface area (Å²) in [6, 6.07) is 5.92. The van der Waals surface area contributed by atoms with Crippen LogP contribution in [-0.4, -0.2) is 57.1 Å². The number of aromatic nitrogens is 4. The number of aromatic amines is 1. The van der Waals surface area contributed by atoms with Crippen molar-refractivity contribution in [3.63, 3.8) is 0 Å². The molecule has 0 spiro atoms. The molecule has 0 bridgehead atoms. The van der Waals surface area contributed by atoms with Crippen LogP contribution in [-0.2, 0) is 11.3 Å². The number of nitrogens with zero attached hydrogens (tertiary/aromatic N) is 4. The molecule has 0 saturated carbocycles. The number of hydrogen-bond donors (Lipinski definition) is 1. The normalized spacial score (nSPS) is 22.5. The summed E-state index contributed by atoms with van der Waals surface area (Å²) in [6.45, 7) is 5.50. The van der Waals surface area contributed by atoms with E-state index in [4.69, 9.17) is 9.84 Å². The maximum absolute atomic E-state index is 12.8. The van der Waals surface area contributed by atoms with Gasteiger partial charge in [-0.2, -0.15) is 5.10 Å². The van der Waals surface area contributed by atoms with Gasteiger partial charge in [-0.15, -0.1) is 13.2 Å². The number of H-pyrrole nitrogens is 1. The fourth-order valence-electron chi connectivity index (χ4n) is 4.94. The Labute approximate surface area is 193 Å². The summed E-state index contributed by atoms with van der Waals surface area (Å²) in [6.07, 6.45) is -1.42. The van der Waals surface area contributed by atoms with Gasteiger partial charge in [0.1, 0.15) is 17.4 Å². The van der Waals surface area contributed by atoms with Crippen LogP contribution in [0.3, 0.4) is 0 Å². The van der Waals surface area contributed by atoms with Gasteiger partial charge in [-0.05, 0) is 36.5 Å². The van der Waals surface area contributed by atoms with Crippen molar-refractivity contribution in [2.75, 3.05) is 26.3 Å². The molecule has 1 unspecified atom stereocenters. The van der Waals surface area contributed by atoms with Crippen molar-refractivity contribution in [3.05, 3.63) is 58.0 Å². The van der Waals surface area contributed by atoms with E-state index >= 15 is 0 Å². The van der Waals surface area contributed by atoms with Crippen LogP contribution in [0.5, 0.6) is 5.75 Å². The summed E-state index contributed by atoms with van der Waals surface area (Å²) in [7, 11) is 0. The Morgan fingerprint density at radius 2 is 1.91 bits per heavy atom. The number of nitrogens with one attached hydrogen (secondary N) is 1. The zero-order valence-electron chi connectivity index (χ0n) is 18.7. The molecule has 0 amide bonds. The van der Waals surface area contributed by atoms with Gasteiger partial charge in [-0.1, -0.05) is 19.1 Å². The van der Waals surface area contributed by atoms with E-state index in [2.05, 4.69) is 26.5 Å². The third kappa shape index (κ3) is 4.80. The van der Waals surface area contributed by atoms with E-state index in [1.807, 2.05) is 0 Å². The highest BCUT2D eigenvalue weighted by Gasteiger charge is 2.34. The number of imidazole rings is 1. The van der Waals surface area contributed by atoms with Crippen LogP contribution in [0.15, 0.2) is 35.3 Å². The maximum Gasteiger partial charge on any atom is 0.573 e. The molecule has 2 aromatic heterocycles. The van der Waals surface area contributed by atoms with Gasteiger partial charge < -0.3 is 14.5 Å². The molecular formula is C23H26F3N5O3. The van der Waals surface area contributed by atoms with Crippen LogP contribution in [0.25, 0.3) is 5.52 Å². The third-order valence-corrected chi connectivity index (χ3v) is 6.64. The molecule has 34 heavy (non-hydrogen) atoms. The lowest BCUT2D eigenvalue weighted by molar-refractivity contribution is -0.274. The monoisotopic (exact) mass is 477 g/mol.